The Kier molecular flexibility index (Phi) is 8.24. The summed E-state index contributed by atoms with van der Waals surface area (Å²) in [7, 11) is 1.33. The summed E-state index contributed by atoms with van der Waals surface area (Å²) in [6.45, 7) is -2.59. The van der Waals surface area contributed by atoms with E-state index in [9.17, 15) is 18.4 Å². The number of carbonyl (C=O) groups is 2. The third-order valence-electron chi connectivity index (χ3n) is 4.31. The average molecular weight is 481 g/mol. The van der Waals surface area contributed by atoms with Gasteiger partial charge in [-0.1, -0.05) is 17.8 Å². The molecule has 0 saturated heterocycles. The minimum atomic E-state index is -2.97. The zero-order valence-electron chi connectivity index (χ0n) is 17.5. The van der Waals surface area contributed by atoms with Crippen LogP contribution in [0.2, 0.25) is 0 Å². The second-order valence-electron chi connectivity index (χ2n) is 6.58. The second-order valence-corrected chi connectivity index (χ2v) is 7.52. The van der Waals surface area contributed by atoms with Crippen molar-refractivity contribution in [1.29, 1.82) is 0 Å². The number of nitrogens with zero attached hydrogens (tertiary/aromatic N) is 3. The van der Waals surface area contributed by atoms with Gasteiger partial charge in [-0.25, -0.2) is 0 Å². The van der Waals surface area contributed by atoms with Gasteiger partial charge in [-0.3, -0.25) is 14.2 Å². The van der Waals surface area contributed by atoms with Crippen molar-refractivity contribution in [3.05, 3.63) is 42.2 Å². The Morgan fingerprint density at radius 1 is 1.27 bits per heavy atom. The van der Waals surface area contributed by atoms with Crippen LogP contribution in [0.15, 0.2) is 46.2 Å². The summed E-state index contributed by atoms with van der Waals surface area (Å²) < 4.78 is 41.3. The lowest BCUT2D eigenvalue weighted by molar-refractivity contribution is -0.119. The summed E-state index contributed by atoms with van der Waals surface area (Å²) in [5, 5.41) is 11.3. The predicted molar refractivity (Wildman–Crippen MR) is 114 cm³/mol. The SMILES string of the molecule is COc1cc(CNC(=O)CSc2nnc(-c3ccco3)n2CCC(N)=O)ccc1OC(F)F. The predicted octanol–water partition coefficient (Wildman–Crippen LogP) is 2.43. The molecule has 3 N–H and O–H groups in total. The van der Waals surface area contributed by atoms with Crippen molar-refractivity contribution in [3.63, 3.8) is 0 Å². The summed E-state index contributed by atoms with van der Waals surface area (Å²) in [6.07, 6.45) is 1.56. The zero-order chi connectivity index (χ0) is 23.8. The van der Waals surface area contributed by atoms with E-state index in [0.29, 0.717) is 22.3 Å². The Labute approximate surface area is 191 Å². The number of benzene rings is 1. The van der Waals surface area contributed by atoms with E-state index in [1.807, 2.05) is 0 Å². The van der Waals surface area contributed by atoms with Gasteiger partial charge >= 0.3 is 6.61 Å². The fraction of sp³-hybridized carbons (Fsp3) is 0.300. The monoisotopic (exact) mass is 481 g/mol. The zero-order valence-corrected chi connectivity index (χ0v) is 18.3. The molecule has 176 valence electrons. The molecule has 1 aromatic carbocycles. The van der Waals surface area contributed by atoms with Gasteiger partial charge < -0.3 is 24.9 Å². The Hall–Kier alpha value is -3.61. The molecular weight excluding hydrogens is 460 g/mol. The van der Waals surface area contributed by atoms with Crippen LogP contribution in [0, 0.1) is 0 Å². The topological polar surface area (TPSA) is 134 Å². The number of primary amides is 1. The summed E-state index contributed by atoms with van der Waals surface area (Å²) in [5.41, 5.74) is 5.89. The number of hydrogen-bond acceptors (Lipinski definition) is 8. The van der Waals surface area contributed by atoms with E-state index in [2.05, 4.69) is 20.3 Å². The van der Waals surface area contributed by atoms with Crippen molar-refractivity contribution < 1.29 is 32.3 Å². The van der Waals surface area contributed by atoms with E-state index in [0.717, 1.165) is 11.8 Å². The van der Waals surface area contributed by atoms with E-state index in [1.54, 1.807) is 22.8 Å². The number of thioether (sulfide) groups is 1. The van der Waals surface area contributed by atoms with Crippen molar-refractivity contribution in [3.8, 4) is 23.1 Å². The highest BCUT2D eigenvalue weighted by molar-refractivity contribution is 7.99. The van der Waals surface area contributed by atoms with Crippen molar-refractivity contribution in [2.75, 3.05) is 12.9 Å². The first-order valence-corrected chi connectivity index (χ1v) is 10.6. The third-order valence-corrected chi connectivity index (χ3v) is 5.27. The van der Waals surface area contributed by atoms with Crippen LogP contribution in [0.1, 0.15) is 12.0 Å². The number of amides is 2. The van der Waals surface area contributed by atoms with E-state index in [-0.39, 0.29) is 42.7 Å². The van der Waals surface area contributed by atoms with Crippen LogP contribution < -0.4 is 20.5 Å². The highest BCUT2D eigenvalue weighted by Crippen LogP contribution is 2.29. The lowest BCUT2D eigenvalue weighted by atomic mass is 10.2. The smallest absolute Gasteiger partial charge is 0.387 e. The molecule has 0 radical (unpaired) electrons. The van der Waals surface area contributed by atoms with Crippen molar-refractivity contribution in [2.45, 2.75) is 31.3 Å². The van der Waals surface area contributed by atoms with Crippen molar-refractivity contribution >= 4 is 23.6 Å². The molecule has 0 fully saturated rings. The molecule has 2 amide bonds. The quantitative estimate of drug-likeness (QED) is 0.377. The maximum absolute atomic E-state index is 12.4. The first kappa shape index (κ1) is 24.0. The molecule has 3 rings (SSSR count). The van der Waals surface area contributed by atoms with Gasteiger partial charge in [0.25, 0.3) is 0 Å². The third kappa shape index (κ3) is 6.68. The number of hydrogen-bond donors (Lipinski definition) is 2. The summed E-state index contributed by atoms with van der Waals surface area (Å²) in [4.78, 5) is 23.6. The van der Waals surface area contributed by atoms with Gasteiger partial charge in [0.15, 0.2) is 28.2 Å². The summed E-state index contributed by atoms with van der Waals surface area (Å²) in [5.74, 6) is 0.166. The molecule has 2 heterocycles. The highest BCUT2D eigenvalue weighted by Gasteiger charge is 2.18. The van der Waals surface area contributed by atoms with E-state index in [4.69, 9.17) is 14.9 Å². The lowest BCUT2D eigenvalue weighted by Gasteiger charge is -2.12. The largest absolute Gasteiger partial charge is 0.493 e. The molecule has 0 aliphatic carbocycles. The van der Waals surface area contributed by atoms with Crippen LogP contribution in [0.4, 0.5) is 8.78 Å². The molecule has 33 heavy (non-hydrogen) atoms. The number of methoxy groups -OCH3 is 1. The molecule has 0 spiro atoms. The van der Waals surface area contributed by atoms with Crippen LogP contribution in [0.25, 0.3) is 11.6 Å². The number of aromatic nitrogens is 3. The number of halogens is 2. The number of furan rings is 1. The molecule has 0 bridgehead atoms. The Bertz CT molecular complexity index is 1090. The molecule has 0 aliphatic heterocycles. The van der Waals surface area contributed by atoms with Crippen molar-refractivity contribution in [2.24, 2.45) is 5.73 Å². The summed E-state index contributed by atoms with van der Waals surface area (Å²) >= 11 is 1.13. The second kappa shape index (κ2) is 11.3. The minimum Gasteiger partial charge on any atom is -0.493 e. The minimum absolute atomic E-state index is 0.0244. The molecule has 13 heteroatoms. The summed E-state index contributed by atoms with van der Waals surface area (Å²) in [6, 6.07) is 7.80. The van der Waals surface area contributed by atoms with Crippen LogP contribution >= 0.6 is 11.8 Å². The Morgan fingerprint density at radius 3 is 2.76 bits per heavy atom. The lowest BCUT2D eigenvalue weighted by Crippen LogP contribution is -2.24. The average Bonchev–Trinajstić information content (AvgIpc) is 3.44. The first-order chi connectivity index (χ1) is 15.9. The standard InChI is InChI=1S/C20H21F2N5O5S/c1-30-15-9-12(4-5-13(15)32-19(21)22)10-24-17(29)11-33-20-26-25-18(14-3-2-8-31-14)27(20)7-6-16(23)28/h2-5,8-9,19H,6-7,10-11H2,1H3,(H2,23,28)(H,24,29). The van der Waals surface area contributed by atoms with Crippen LogP contribution in [0.3, 0.4) is 0 Å². The number of nitrogens with one attached hydrogen (secondary N) is 1. The molecule has 0 saturated carbocycles. The number of alkyl halides is 2. The van der Waals surface area contributed by atoms with E-state index in [1.165, 1.54) is 25.5 Å². The van der Waals surface area contributed by atoms with Crippen LogP contribution in [0.5, 0.6) is 11.5 Å². The number of nitrogens with two attached hydrogens (primary N) is 1. The Morgan fingerprint density at radius 2 is 2.09 bits per heavy atom. The fourth-order valence-corrected chi connectivity index (χ4v) is 3.60. The Balaban J connectivity index is 1.60. The normalized spacial score (nSPS) is 10.9. The van der Waals surface area contributed by atoms with E-state index >= 15 is 0 Å². The van der Waals surface area contributed by atoms with Gasteiger partial charge in [-0.15, -0.1) is 10.2 Å². The number of carbonyl (C=O) groups excluding carboxylic acids is 2. The molecule has 0 atom stereocenters. The maximum Gasteiger partial charge on any atom is 0.387 e. The van der Waals surface area contributed by atoms with Crippen molar-refractivity contribution in [1.82, 2.24) is 20.1 Å². The molecule has 2 aromatic heterocycles. The fourth-order valence-electron chi connectivity index (χ4n) is 2.80. The number of rotatable bonds is 12. The van der Waals surface area contributed by atoms with Crippen LogP contribution in [-0.2, 0) is 22.7 Å². The molecular formula is C20H21F2N5O5S. The van der Waals surface area contributed by atoms with Crippen LogP contribution in [-0.4, -0.2) is 46.1 Å². The van der Waals surface area contributed by atoms with Gasteiger partial charge in [0, 0.05) is 19.5 Å². The molecule has 0 unspecified atom stereocenters. The van der Waals surface area contributed by atoms with E-state index < -0.39 is 12.5 Å². The van der Waals surface area contributed by atoms with Gasteiger partial charge in [-0.2, -0.15) is 8.78 Å². The van der Waals surface area contributed by atoms with Gasteiger partial charge in [0.05, 0.1) is 19.1 Å². The number of ether oxygens (including phenoxy) is 2. The van der Waals surface area contributed by atoms with Gasteiger partial charge in [0.2, 0.25) is 11.8 Å². The van der Waals surface area contributed by atoms with Gasteiger partial charge in [0.1, 0.15) is 0 Å². The highest BCUT2D eigenvalue weighted by atomic mass is 32.2. The molecule has 0 aliphatic rings. The first-order valence-electron chi connectivity index (χ1n) is 9.64. The maximum atomic E-state index is 12.4. The molecule has 3 aromatic rings. The van der Waals surface area contributed by atoms with Gasteiger partial charge in [-0.05, 0) is 29.8 Å². The molecule has 10 nitrogen and oxygen atoms in total.